The molecular weight excluding hydrogens is 250 g/mol. The molecule has 0 spiro atoms. The topological polar surface area (TPSA) is 46.0 Å². The van der Waals surface area contributed by atoms with Gasteiger partial charge >= 0.3 is 0 Å². The molecular formula is C15H29N5. The molecule has 0 radical (unpaired) electrons. The number of nitrogens with one attached hydrogen (secondary N) is 1. The van der Waals surface area contributed by atoms with Crippen LogP contribution in [0.15, 0.2) is 6.20 Å². The fraction of sp³-hybridized carbons (Fsp3) is 0.867. The second kappa shape index (κ2) is 9.08. The Morgan fingerprint density at radius 3 is 2.60 bits per heavy atom. The Kier molecular flexibility index (Phi) is 7.01. The van der Waals surface area contributed by atoms with Crippen LogP contribution in [0.3, 0.4) is 0 Å². The average molecular weight is 279 g/mol. The normalized spacial score (nSPS) is 17.9. The molecule has 0 unspecified atom stereocenters. The number of nitrogens with zero attached hydrogens (tertiary/aromatic N) is 4. The zero-order valence-electron chi connectivity index (χ0n) is 12.9. The van der Waals surface area contributed by atoms with Crippen LogP contribution >= 0.6 is 0 Å². The predicted octanol–water partition coefficient (Wildman–Crippen LogP) is 2.04. The molecule has 5 heteroatoms. The minimum atomic E-state index is 0.831. The number of hydrogen-bond acceptors (Lipinski definition) is 4. The summed E-state index contributed by atoms with van der Waals surface area (Å²) in [4.78, 5) is 2.58. The molecule has 0 aliphatic carbocycles. The van der Waals surface area contributed by atoms with Crippen LogP contribution in [0.4, 0.5) is 0 Å². The van der Waals surface area contributed by atoms with Crippen LogP contribution in [0, 0.1) is 0 Å². The van der Waals surface area contributed by atoms with Gasteiger partial charge in [0.2, 0.25) is 0 Å². The molecule has 5 nitrogen and oxygen atoms in total. The molecule has 20 heavy (non-hydrogen) atoms. The maximum absolute atomic E-state index is 4.22. The van der Waals surface area contributed by atoms with Crippen molar-refractivity contribution in [2.45, 2.75) is 58.5 Å². The molecule has 2 heterocycles. The van der Waals surface area contributed by atoms with Crippen LogP contribution in [-0.2, 0) is 13.1 Å². The van der Waals surface area contributed by atoms with Gasteiger partial charge in [0.05, 0.1) is 12.2 Å². The van der Waals surface area contributed by atoms with E-state index in [0.29, 0.717) is 0 Å². The van der Waals surface area contributed by atoms with Gasteiger partial charge in [0, 0.05) is 19.3 Å². The number of aromatic nitrogens is 3. The van der Waals surface area contributed by atoms with E-state index in [1.54, 1.807) is 0 Å². The van der Waals surface area contributed by atoms with E-state index in [1.165, 1.54) is 45.2 Å². The molecule has 1 aromatic heterocycles. The lowest BCUT2D eigenvalue weighted by molar-refractivity contribution is 0.235. The van der Waals surface area contributed by atoms with Gasteiger partial charge in [0.1, 0.15) is 0 Å². The Bertz CT molecular complexity index is 355. The number of likely N-dealkylation sites (tertiary alicyclic amines) is 1. The van der Waals surface area contributed by atoms with Gasteiger partial charge in [-0.25, -0.2) is 0 Å². The highest BCUT2D eigenvalue weighted by atomic mass is 15.4. The molecule has 0 aromatic carbocycles. The fourth-order valence-electron chi connectivity index (χ4n) is 2.70. The zero-order valence-corrected chi connectivity index (χ0v) is 12.9. The first-order chi connectivity index (χ1) is 9.88. The largest absolute Gasteiger partial charge is 0.311 e. The quantitative estimate of drug-likeness (QED) is 0.776. The van der Waals surface area contributed by atoms with Crippen LogP contribution in [0.25, 0.3) is 0 Å². The van der Waals surface area contributed by atoms with Crippen molar-refractivity contribution < 1.29 is 0 Å². The molecule has 114 valence electrons. The molecule has 0 atom stereocenters. The van der Waals surface area contributed by atoms with Gasteiger partial charge in [0.25, 0.3) is 0 Å². The van der Waals surface area contributed by atoms with Gasteiger partial charge in [0.15, 0.2) is 0 Å². The number of hydrogen-bond donors (Lipinski definition) is 1. The van der Waals surface area contributed by atoms with Crippen molar-refractivity contribution in [3.63, 3.8) is 0 Å². The van der Waals surface area contributed by atoms with E-state index in [-0.39, 0.29) is 0 Å². The van der Waals surface area contributed by atoms with E-state index in [2.05, 4.69) is 33.6 Å². The lowest BCUT2D eigenvalue weighted by Crippen LogP contribution is -2.30. The zero-order chi connectivity index (χ0) is 14.0. The first-order valence-corrected chi connectivity index (χ1v) is 8.20. The van der Waals surface area contributed by atoms with Crippen molar-refractivity contribution in [1.82, 2.24) is 25.2 Å². The van der Waals surface area contributed by atoms with Crippen LogP contribution in [0.5, 0.6) is 0 Å². The van der Waals surface area contributed by atoms with E-state index in [1.807, 2.05) is 4.68 Å². The first-order valence-electron chi connectivity index (χ1n) is 8.20. The molecule has 0 amide bonds. The summed E-state index contributed by atoms with van der Waals surface area (Å²) in [5, 5.41) is 11.8. The van der Waals surface area contributed by atoms with Crippen LogP contribution in [0.2, 0.25) is 0 Å². The monoisotopic (exact) mass is 279 g/mol. The molecule has 1 fully saturated rings. The van der Waals surface area contributed by atoms with Gasteiger partial charge in [-0.2, -0.15) is 0 Å². The van der Waals surface area contributed by atoms with Crippen LogP contribution in [-0.4, -0.2) is 46.1 Å². The highest BCUT2D eigenvalue weighted by Gasteiger charge is 2.08. The third kappa shape index (κ3) is 5.59. The Balaban J connectivity index is 1.69. The van der Waals surface area contributed by atoms with Crippen molar-refractivity contribution in [2.75, 3.05) is 26.2 Å². The second-order valence-electron chi connectivity index (χ2n) is 5.76. The SMILES string of the molecule is CCCNCc1cn(CCN2CCCCCCC2)nn1. The Hall–Kier alpha value is -0.940. The van der Waals surface area contributed by atoms with Crippen molar-refractivity contribution >= 4 is 0 Å². The highest BCUT2D eigenvalue weighted by molar-refractivity contribution is 4.91. The summed E-state index contributed by atoms with van der Waals surface area (Å²) in [6, 6.07) is 0. The molecule has 2 rings (SSSR count). The highest BCUT2D eigenvalue weighted by Crippen LogP contribution is 2.10. The summed E-state index contributed by atoms with van der Waals surface area (Å²) in [6.07, 6.45) is 10.1. The lowest BCUT2D eigenvalue weighted by Gasteiger charge is -2.24. The third-order valence-electron chi connectivity index (χ3n) is 3.91. The van der Waals surface area contributed by atoms with E-state index >= 15 is 0 Å². The molecule has 1 aromatic rings. The maximum Gasteiger partial charge on any atom is 0.0964 e. The predicted molar refractivity (Wildman–Crippen MR) is 81.5 cm³/mol. The summed E-state index contributed by atoms with van der Waals surface area (Å²) < 4.78 is 1.99. The maximum atomic E-state index is 4.22. The van der Waals surface area contributed by atoms with E-state index in [0.717, 1.165) is 38.3 Å². The van der Waals surface area contributed by atoms with Crippen molar-refractivity contribution in [3.05, 3.63) is 11.9 Å². The van der Waals surface area contributed by atoms with Gasteiger partial charge < -0.3 is 10.2 Å². The third-order valence-corrected chi connectivity index (χ3v) is 3.91. The average Bonchev–Trinajstić information content (AvgIpc) is 2.86. The lowest BCUT2D eigenvalue weighted by atomic mass is 10.1. The molecule has 1 aliphatic rings. The van der Waals surface area contributed by atoms with Gasteiger partial charge in [-0.3, -0.25) is 4.68 Å². The summed E-state index contributed by atoms with van der Waals surface area (Å²) in [6.45, 7) is 8.61. The molecule has 0 saturated carbocycles. The minimum absolute atomic E-state index is 0.831. The van der Waals surface area contributed by atoms with Crippen molar-refractivity contribution in [1.29, 1.82) is 0 Å². The van der Waals surface area contributed by atoms with Crippen molar-refractivity contribution in [2.24, 2.45) is 0 Å². The molecule has 0 bridgehead atoms. The van der Waals surface area contributed by atoms with Gasteiger partial charge in [-0.1, -0.05) is 31.4 Å². The Labute approximate surface area is 122 Å². The Morgan fingerprint density at radius 1 is 1.10 bits per heavy atom. The first kappa shape index (κ1) is 15.4. The Morgan fingerprint density at radius 2 is 1.85 bits per heavy atom. The smallest absolute Gasteiger partial charge is 0.0964 e. The summed E-state index contributed by atoms with van der Waals surface area (Å²) in [5.74, 6) is 0. The molecule has 1 aliphatic heterocycles. The second-order valence-corrected chi connectivity index (χ2v) is 5.76. The standard InChI is InChI=1S/C15H29N5/c1-2-8-16-13-15-14-20(18-17-15)12-11-19-9-6-4-3-5-7-10-19/h14,16H,2-13H2,1H3. The van der Waals surface area contributed by atoms with Gasteiger partial charge in [-0.05, 0) is 38.9 Å². The molecule has 1 N–H and O–H groups in total. The summed E-state index contributed by atoms with van der Waals surface area (Å²) >= 11 is 0. The van der Waals surface area contributed by atoms with Crippen molar-refractivity contribution in [3.8, 4) is 0 Å². The van der Waals surface area contributed by atoms with Gasteiger partial charge in [-0.15, -0.1) is 5.10 Å². The van der Waals surface area contributed by atoms with E-state index < -0.39 is 0 Å². The van der Waals surface area contributed by atoms with E-state index in [4.69, 9.17) is 0 Å². The minimum Gasteiger partial charge on any atom is -0.311 e. The van der Waals surface area contributed by atoms with Crippen LogP contribution in [0.1, 0.15) is 51.1 Å². The molecule has 1 saturated heterocycles. The fourth-order valence-corrected chi connectivity index (χ4v) is 2.70. The number of rotatable bonds is 7. The summed E-state index contributed by atoms with van der Waals surface area (Å²) in [7, 11) is 0. The van der Waals surface area contributed by atoms with Crippen LogP contribution < -0.4 is 5.32 Å². The summed E-state index contributed by atoms with van der Waals surface area (Å²) in [5.41, 5.74) is 1.05. The van der Waals surface area contributed by atoms with E-state index in [9.17, 15) is 0 Å².